The van der Waals surface area contributed by atoms with Crippen LogP contribution in [-0.2, 0) is 11.8 Å². The van der Waals surface area contributed by atoms with Crippen molar-refractivity contribution in [1.82, 2.24) is 24.7 Å². The zero-order valence-electron chi connectivity index (χ0n) is 20.5. The molecule has 3 heterocycles. The normalized spacial score (nSPS) is 11.6. The van der Waals surface area contributed by atoms with E-state index in [1.807, 2.05) is 69.9 Å². The van der Waals surface area contributed by atoms with Gasteiger partial charge in [-0.1, -0.05) is 6.07 Å². The Morgan fingerprint density at radius 3 is 2.68 bits per heavy atom. The van der Waals surface area contributed by atoms with Crippen molar-refractivity contribution >= 4 is 28.4 Å². The van der Waals surface area contributed by atoms with Gasteiger partial charge in [-0.25, -0.2) is 15.0 Å². The maximum Gasteiger partial charge on any atom is 0.227 e. The lowest BCUT2D eigenvalue weighted by molar-refractivity contribution is 0.0343. The number of nitrogens with one attached hydrogen (secondary N) is 2. The molecule has 0 unspecified atom stereocenters. The first kappa shape index (κ1) is 23.4. The van der Waals surface area contributed by atoms with Crippen molar-refractivity contribution in [1.29, 1.82) is 0 Å². The van der Waals surface area contributed by atoms with Gasteiger partial charge in [0.25, 0.3) is 0 Å². The predicted molar refractivity (Wildman–Crippen MR) is 135 cm³/mol. The van der Waals surface area contributed by atoms with E-state index in [2.05, 4.69) is 25.7 Å². The molecule has 0 bridgehead atoms. The third-order valence-electron chi connectivity index (χ3n) is 5.59. The number of pyridine rings is 1. The van der Waals surface area contributed by atoms with Crippen LogP contribution in [0.25, 0.3) is 22.0 Å². The quantitative estimate of drug-likeness (QED) is 0.370. The SMILES string of the molecule is CCOc1cc(-c2cn(C)nc2C)ccc1Nc1ncc2ccnc(NCC(C)(C)OC)c2n1. The first-order chi connectivity index (χ1) is 16.3. The van der Waals surface area contributed by atoms with Crippen molar-refractivity contribution in [3.8, 4) is 16.9 Å². The van der Waals surface area contributed by atoms with Crippen molar-refractivity contribution in [3.63, 3.8) is 0 Å². The zero-order valence-corrected chi connectivity index (χ0v) is 20.5. The molecule has 0 aliphatic heterocycles. The van der Waals surface area contributed by atoms with Gasteiger partial charge in [0, 0.05) is 50.2 Å². The van der Waals surface area contributed by atoms with Gasteiger partial charge in [0.05, 0.1) is 23.6 Å². The monoisotopic (exact) mass is 461 g/mol. The summed E-state index contributed by atoms with van der Waals surface area (Å²) < 4.78 is 13.3. The number of hydrogen-bond donors (Lipinski definition) is 2. The van der Waals surface area contributed by atoms with Crippen LogP contribution in [0, 0.1) is 6.92 Å². The van der Waals surface area contributed by atoms with Gasteiger partial charge in [0.15, 0.2) is 5.82 Å². The van der Waals surface area contributed by atoms with E-state index in [0.29, 0.717) is 24.9 Å². The summed E-state index contributed by atoms with van der Waals surface area (Å²) in [5, 5.41) is 12.0. The smallest absolute Gasteiger partial charge is 0.227 e. The molecule has 178 valence electrons. The van der Waals surface area contributed by atoms with Crippen LogP contribution in [0.2, 0.25) is 0 Å². The molecule has 3 aromatic heterocycles. The molecule has 2 N–H and O–H groups in total. The van der Waals surface area contributed by atoms with Crippen LogP contribution >= 0.6 is 0 Å². The highest BCUT2D eigenvalue weighted by Crippen LogP contribution is 2.34. The molecular weight excluding hydrogens is 430 g/mol. The number of anilines is 3. The molecule has 0 saturated heterocycles. The molecule has 0 radical (unpaired) electrons. The van der Waals surface area contributed by atoms with Crippen LogP contribution in [0.3, 0.4) is 0 Å². The van der Waals surface area contributed by atoms with Crippen molar-refractivity contribution in [2.45, 2.75) is 33.3 Å². The van der Waals surface area contributed by atoms with E-state index in [-0.39, 0.29) is 5.60 Å². The maximum atomic E-state index is 5.93. The molecule has 9 nitrogen and oxygen atoms in total. The molecule has 0 atom stereocenters. The van der Waals surface area contributed by atoms with Crippen molar-refractivity contribution in [2.24, 2.45) is 7.05 Å². The average molecular weight is 462 g/mol. The van der Waals surface area contributed by atoms with E-state index in [0.717, 1.165) is 39.2 Å². The fourth-order valence-electron chi connectivity index (χ4n) is 3.59. The lowest BCUT2D eigenvalue weighted by Crippen LogP contribution is -2.32. The number of nitrogens with zero attached hydrogens (tertiary/aromatic N) is 5. The Morgan fingerprint density at radius 1 is 1.15 bits per heavy atom. The maximum absolute atomic E-state index is 5.93. The summed E-state index contributed by atoms with van der Waals surface area (Å²) in [5.41, 5.74) is 4.25. The molecule has 0 aliphatic carbocycles. The summed E-state index contributed by atoms with van der Waals surface area (Å²) >= 11 is 0. The summed E-state index contributed by atoms with van der Waals surface area (Å²) in [6.07, 6.45) is 5.53. The summed E-state index contributed by atoms with van der Waals surface area (Å²) in [6, 6.07) is 7.92. The molecule has 9 heteroatoms. The molecule has 0 fully saturated rings. The Hall–Kier alpha value is -3.72. The number of methoxy groups -OCH3 is 1. The minimum absolute atomic E-state index is 0.335. The standard InChI is InChI=1S/C25H31N7O2/c1-7-34-21-12-17(19-14-32(5)31-16(19)2)8-9-20(21)29-24-27-13-18-10-11-26-23(22(18)30-24)28-15-25(3,4)33-6/h8-14H,7,15H2,1-6H3,(H,26,28)(H,27,29,30). The number of hydrogen-bond acceptors (Lipinski definition) is 8. The van der Waals surface area contributed by atoms with Crippen LogP contribution in [0.15, 0.2) is 42.9 Å². The fraction of sp³-hybridized carbons (Fsp3) is 0.360. The third kappa shape index (κ3) is 5.09. The minimum atomic E-state index is -0.335. The predicted octanol–water partition coefficient (Wildman–Crippen LogP) is 4.71. The van der Waals surface area contributed by atoms with Gasteiger partial charge in [-0.3, -0.25) is 4.68 Å². The lowest BCUT2D eigenvalue weighted by Gasteiger charge is -2.23. The highest BCUT2D eigenvalue weighted by molar-refractivity contribution is 5.88. The average Bonchev–Trinajstić information content (AvgIpc) is 3.16. The lowest BCUT2D eigenvalue weighted by atomic mass is 10.1. The Kier molecular flexibility index (Phi) is 6.65. The second-order valence-corrected chi connectivity index (χ2v) is 8.68. The minimum Gasteiger partial charge on any atom is -0.492 e. The number of fused-ring (bicyclic) bond motifs is 1. The molecule has 4 rings (SSSR count). The molecule has 0 saturated carbocycles. The van der Waals surface area contributed by atoms with Gasteiger partial charge in [-0.15, -0.1) is 0 Å². The Bertz CT molecular complexity index is 1300. The fourth-order valence-corrected chi connectivity index (χ4v) is 3.59. The third-order valence-corrected chi connectivity index (χ3v) is 5.59. The molecule has 1 aromatic carbocycles. The summed E-state index contributed by atoms with van der Waals surface area (Å²) in [4.78, 5) is 13.7. The largest absolute Gasteiger partial charge is 0.492 e. The first-order valence-corrected chi connectivity index (χ1v) is 11.2. The number of aryl methyl sites for hydroxylation is 2. The van der Waals surface area contributed by atoms with Crippen molar-refractivity contribution in [3.05, 3.63) is 48.5 Å². The van der Waals surface area contributed by atoms with E-state index in [1.165, 1.54) is 0 Å². The zero-order chi connectivity index (χ0) is 24.3. The van der Waals surface area contributed by atoms with E-state index in [4.69, 9.17) is 14.5 Å². The second-order valence-electron chi connectivity index (χ2n) is 8.68. The molecular formula is C25H31N7O2. The van der Waals surface area contributed by atoms with Gasteiger partial charge in [-0.05, 0) is 51.5 Å². The summed E-state index contributed by atoms with van der Waals surface area (Å²) in [5.74, 6) is 1.86. The highest BCUT2D eigenvalue weighted by atomic mass is 16.5. The van der Waals surface area contributed by atoms with Crippen molar-refractivity contribution < 1.29 is 9.47 Å². The Morgan fingerprint density at radius 2 is 1.97 bits per heavy atom. The number of benzene rings is 1. The van der Waals surface area contributed by atoms with Gasteiger partial charge < -0.3 is 20.1 Å². The Labute approximate surface area is 199 Å². The molecule has 0 amide bonds. The molecule has 0 aliphatic rings. The van der Waals surface area contributed by atoms with Crippen LogP contribution in [0.5, 0.6) is 5.75 Å². The van der Waals surface area contributed by atoms with E-state index in [1.54, 1.807) is 19.5 Å². The van der Waals surface area contributed by atoms with Crippen LogP contribution in [0.4, 0.5) is 17.5 Å². The molecule has 34 heavy (non-hydrogen) atoms. The van der Waals surface area contributed by atoms with Gasteiger partial charge in [0.1, 0.15) is 11.3 Å². The van der Waals surface area contributed by atoms with Gasteiger partial charge in [-0.2, -0.15) is 5.10 Å². The highest BCUT2D eigenvalue weighted by Gasteiger charge is 2.17. The summed E-state index contributed by atoms with van der Waals surface area (Å²) in [7, 11) is 3.61. The van der Waals surface area contributed by atoms with E-state index in [9.17, 15) is 0 Å². The number of aromatic nitrogens is 5. The van der Waals surface area contributed by atoms with Gasteiger partial charge in [0.2, 0.25) is 5.95 Å². The Balaban J connectivity index is 1.65. The number of ether oxygens (including phenoxy) is 2. The van der Waals surface area contributed by atoms with Crippen LogP contribution < -0.4 is 15.4 Å². The van der Waals surface area contributed by atoms with E-state index >= 15 is 0 Å². The van der Waals surface area contributed by atoms with E-state index < -0.39 is 0 Å². The van der Waals surface area contributed by atoms with Crippen LogP contribution in [-0.4, -0.2) is 50.6 Å². The second kappa shape index (κ2) is 9.64. The summed E-state index contributed by atoms with van der Waals surface area (Å²) in [6.45, 7) is 9.11. The molecule has 4 aromatic rings. The molecule has 0 spiro atoms. The van der Waals surface area contributed by atoms with Gasteiger partial charge >= 0.3 is 0 Å². The number of rotatable bonds is 9. The van der Waals surface area contributed by atoms with Crippen molar-refractivity contribution in [2.75, 3.05) is 30.9 Å². The topological polar surface area (TPSA) is 99.0 Å². The van der Waals surface area contributed by atoms with Crippen LogP contribution in [0.1, 0.15) is 26.5 Å². The first-order valence-electron chi connectivity index (χ1n) is 11.2.